The van der Waals surface area contributed by atoms with E-state index < -0.39 is 11.8 Å². The molecule has 0 heterocycles. The summed E-state index contributed by atoms with van der Waals surface area (Å²) in [6, 6.07) is 0. The number of carbonyl (C=O) groups is 1. The molecule has 1 amide bonds. The van der Waals surface area contributed by atoms with Crippen LogP contribution in [0.3, 0.4) is 0 Å². The van der Waals surface area contributed by atoms with Crippen molar-refractivity contribution in [1.29, 1.82) is 0 Å². The minimum Gasteiger partial charge on any atom is -0.354 e. The molecule has 11 heavy (non-hydrogen) atoms. The van der Waals surface area contributed by atoms with Gasteiger partial charge >= 0.3 is 5.92 Å². The summed E-state index contributed by atoms with van der Waals surface area (Å²) >= 11 is 0. The van der Waals surface area contributed by atoms with Gasteiger partial charge in [-0.2, -0.15) is 8.78 Å². The van der Waals surface area contributed by atoms with E-state index in [0.29, 0.717) is 0 Å². The van der Waals surface area contributed by atoms with Crippen molar-refractivity contribution in [2.45, 2.75) is 25.2 Å². The molecule has 0 unspecified atom stereocenters. The van der Waals surface area contributed by atoms with E-state index in [1.807, 2.05) is 5.32 Å². The molecule has 1 aliphatic carbocycles. The molecule has 0 atom stereocenters. The summed E-state index contributed by atoms with van der Waals surface area (Å²) in [6.07, 6.45) is 1.39. The molecule has 1 rings (SSSR count). The maximum Gasteiger partial charge on any atom is 0.324 e. The molecule has 1 fully saturated rings. The zero-order chi connectivity index (χ0) is 8.48. The minimum absolute atomic E-state index is 0.0716. The number of hydrogen-bond acceptors (Lipinski definition) is 1. The highest BCUT2D eigenvalue weighted by atomic mass is 19.3. The van der Waals surface area contributed by atoms with Crippen LogP contribution in [0.5, 0.6) is 0 Å². The van der Waals surface area contributed by atoms with Crippen molar-refractivity contribution in [3.63, 3.8) is 0 Å². The van der Waals surface area contributed by atoms with E-state index in [9.17, 15) is 13.6 Å². The summed E-state index contributed by atoms with van der Waals surface area (Å²) in [4.78, 5) is 10.5. The maximum absolute atomic E-state index is 12.7. The monoisotopic (exact) mass is 163 g/mol. The summed E-state index contributed by atoms with van der Waals surface area (Å²) in [5.41, 5.74) is 0. The lowest BCUT2D eigenvalue weighted by atomic mass is 10.1. The van der Waals surface area contributed by atoms with Crippen LogP contribution in [-0.2, 0) is 4.79 Å². The van der Waals surface area contributed by atoms with Crippen molar-refractivity contribution in [3.8, 4) is 0 Å². The molecule has 0 aliphatic heterocycles. The van der Waals surface area contributed by atoms with Gasteiger partial charge in [0.05, 0.1) is 0 Å². The summed E-state index contributed by atoms with van der Waals surface area (Å²) in [7, 11) is 1.23. The standard InChI is InChI=1S/C7H11F2NO/c1-10-6(11)7(8,9)4-5-2-3-5/h5H,2-4H2,1H3,(H,10,11). The lowest BCUT2D eigenvalue weighted by Gasteiger charge is -2.12. The smallest absolute Gasteiger partial charge is 0.324 e. The molecule has 0 radical (unpaired) electrons. The minimum atomic E-state index is -3.16. The number of nitrogens with one attached hydrogen (secondary N) is 1. The first kappa shape index (κ1) is 8.43. The second-order valence-electron chi connectivity index (χ2n) is 2.93. The maximum atomic E-state index is 12.7. The average molecular weight is 163 g/mol. The Labute approximate surface area is 64.0 Å². The first-order chi connectivity index (χ1) is 5.06. The molecule has 1 saturated carbocycles. The van der Waals surface area contributed by atoms with Crippen LogP contribution < -0.4 is 5.32 Å². The highest BCUT2D eigenvalue weighted by Crippen LogP contribution is 2.38. The van der Waals surface area contributed by atoms with Crippen molar-refractivity contribution in [2.24, 2.45) is 5.92 Å². The third-order valence-electron chi connectivity index (χ3n) is 1.80. The number of rotatable bonds is 3. The van der Waals surface area contributed by atoms with E-state index in [1.54, 1.807) is 0 Å². The largest absolute Gasteiger partial charge is 0.354 e. The lowest BCUT2D eigenvalue weighted by Crippen LogP contribution is -2.38. The van der Waals surface area contributed by atoms with E-state index in [0.717, 1.165) is 12.8 Å². The molecular weight excluding hydrogens is 152 g/mol. The van der Waals surface area contributed by atoms with Crippen molar-refractivity contribution < 1.29 is 13.6 Å². The zero-order valence-electron chi connectivity index (χ0n) is 6.36. The average Bonchev–Trinajstić information content (AvgIpc) is 2.69. The third-order valence-corrected chi connectivity index (χ3v) is 1.80. The number of halogens is 2. The summed E-state index contributed by atoms with van der Waals surface area (Å²) < 4.78 is 25.4. The van der Waals surface area contributed by atoms with Gasteiger partial charge in [-0.05, 0) is 18.8 Å². The Morgan fingerprint density at radius 1 is 1.64 bits per heavy atom. The van der Waals surface area contributed by atoms with Gasteiger partial charge in [0.25, 0.3) is 5.91 Å². The fourth-order valence-corrected chi connectivity index (χ4v) is 0.960. The number of carbonyl (C=O) groups excluding carboxylic acids is 1. The zero-order valence-corrected chi connectivity index (χ0v) is 6.36. The molecule has 1 N–H and O–H groups in total. The normalized spacial score (nSPS) is 18.1. The molecule has 0 aromatic heterocycles. The molecule has 0 aromatic rings. The molecular formula is C7H11F2NO. The molecule has 2 nitrogen and oxygen atoms in total. The molecule has 4 heteroatoms. The quantitative estimate of drug-likeness (QED) is 0.664. The van der Waals surface area contributed by atoms with E-state index >= 15 is 0 Å². The topological polar surface area (TPSA) is 29.1 Å². The van der Waals surface area contributed by atoms with Crippen molar-refractivity contribution >= 4 is 5.91 Å². The van der Waals surface area contributed by atoms with Crippen molar-refractivity contribution in [1.82, 2.24) is 5.32 Å². The van der Waals surface area contributed by atoms with Crippen LogP contribution in [0.2, 0.25) is 0 Å². The van der Waals surface area contributed by atoms with Gasteiger partial charge in [0, 0.05) is 13.5 Å². The molecule has 64 valence electrons. The Kier molecular flexibility index (Phi) is 2.11. The van der Waals surface area contributed by atoms with Gasteiger partial charge in [0.1, 0.15) is 0 Å². The number of alkyl halides is 2. The van der Waals surface area contributed by atoms with Crippen LogP contribution in [0.25, 0.3) is 0 Å². The van der Waals surface area contributed by atoms with Gasteiger partial charge in [0.2, 0.25) is 0 Å². The predicted molar refractivity (Wildman–Crippen MR) is 36.4 cm³/mol. The molecule has 0 spiro atoms. The molecule has 1 aliphatic rings. The SMILES string of the molecule is CNC(=O)C(F)(F)CC1CC1. The highest BCUT2D eigenvalue weighted by Gasteiger charge is 2.43. The van der Waals surface area contributed by atoms with Crippen LogP contribution in [0.1, 0.15) is 19.3 Å². The lowest BCUT2D eigenvalue weighted by molar-refractivity contribution is -0.146. The Morgan fingerprint density at radius 3 is 2.55 bits per heavy atom. The summed E-state index contributed by atoms with van der Waals surface area (Å²) in [5.74, 6) is -4.25. The second kappa shape index (κ2) is 2.75. The van der Waals surface area contributed by atoms with Gasteiger partial charge < -0.3 is 5.32 Å². The summed E-state index contributed by atoms with van der Waals surface area (Å²) in [6.45, 7) is 0. The van der Waals surface area contributed by atoms with Crippen LogP contribution >= 0.6 is 0 Å². The van der Waals surface area contributed by atoms with Gasteiger partial charge in [-0.1, -0.05) is 0 Å². The van der Waals surface area contributed by atoms with Crippen LogP contribution in [-0.4, -0.2) is 18.9 Å². The first-order valence-corrected chi connectivity index (χ1v) is 3.66. The van der Waals surface area contributed by atoms with Gasteiger partial charge in [-0.25, -0.2) is 0 Å². The van der Waals surface area contributed by atoms with Crippen LogP contribution in [0.4, 0.5) is 8.78 Å². The van der Waals surface area contributed by atoms with Gasteiger partial charge in [-0.15, -0.1) is 0 Å². The summed E-state index contributed by atoms with van der Waals surface area (Å²) in [5, 5.41) is 1.95. The van der Waals surface area contributed by atoms with E-state index in [4.69, 9.17) is 0 Å². The molecule has 0 bridgehead atoms. The fourth-order valence-electron chi connectivity index (χ4n) is 0.960. The Morgan fingerprint density at radius 2 is 2.18 bits per heavy atom. The van der Waals surface area contributed by atoms with Crippen LogP contribution in [0, 0.1) is 5.92 Å². The molecule has 0 saturated heterocycles. The van der Waals surface area contributed by atoms with E-state index in [2.05, 4.69) is 0 Å². The van der Waals surface area contributed by atoms with Gasteiger partial charge in [0.15, 0.2) is 0 Å². The fraction of sp³-hybridized carbons (Fsp3) is 0.857. The van der Waals surface area contributed by atoms with Crippen LogP contribution in [0.15, 0.2) is 0 Å². The van der Waals surface area contributed by atoms with E-state index in [1.165, 1.54) is 7.05 Å². The van der Waals surface area contributed by atoms with Crippen molar-refractivity contribution in [3.05, 3.63) is 0 Å². The van der Waals surface area contributed by atoms with Crippen molar-refractivity contribution in [2.75, 3.05) is 7.05 Å². The Hall–Kier alpha value is -0.670. The predicted octanol–water partition coefficient (Wildman–Crippen LogP) is 1.17. The number of amides is 1. The highest BCUT2D eigenvalue weighted by molar-refractivity contribution is 5.83. The Balaban J connectivity index is 2.42. The molecule has 0 aromatic carbocycles. The number of hydrogen-bond donors (Lipinski definition) is 1. The first-order valence-electron chi connectivity index (χ1n) is 3.66. The van der Waals surface area contributed by atoms with E-state index in [-0.39, 0.29) is 12.3 Å². The second-order valence-corrected chi connectivity index (χ2v) is 2.93. The Bertz CT molecular complexity index is 166. The van der Waals surface area contributed by atoms with Gasteiger partial charge in [-0.3, -0.25) is 4.79 Å². The third kappa shape index (κ3) is 2.13.